The van der Waals surface area contributed by atoms with Gasteiger partial charge in [0.05, 0.1) is 7.11 Å². The SMILES string of the molecule is COc1cc(NCC(C(=O)O)C(F)(F)F)ccc1F. The number of ether oxygens (including phenoxy) is 1. The molecule has 0 amide bonds. The molecule has 106 valence electrons. The van der Waals surface area contributed by atoms with Crippen LogP contribution < -0.4 is 10.1 Å². The normalized spacial score (nSPS) is 12.9. The summed E-state index contributed by atoms with van der Waals surface area (Å²) in [5.74, 6) is -5.33. The van der Waals surface area contributed by atoms with Crippen molar-refractivity contribution in [2.24, 2.45) is 5.92 Å². The first-order valence-corrected chi connectivity index (χ1v) is 5.12. The van der Waals surface area contributed by atoms with Crippen molar-refractivity contribution in [3.8, 4) is 5.75 Å². The number of methoxy groups -OCH3 is 1. The van der Waals surface area contributed by atoms with E-state index in [9.17, 15) is 22.4 Å². The summed E-state index contributed by atoms with van der Waals surface area (Å²) >= 11 is 0. The smallest absolute Gasteiger partial charge is 0.403 e. The van der Waals surface area contributed by atoms with Gasteiger partial charge in [0.1, 0.15) is 0 Å². The van der Waals surface area contributed by atoms with Gasteiger partial charge in [0.2, 0.25) is 0 Å². The minimum atomic E-state index is -4.86. The number of carboxylic acid groups (broad SMARTS) is 1. The van der Waals surface area contributed by atoms with Crippen molar-refractivity contribution in [1.82, 2.24) is 0 Å². The highest BCUT2D eigenvalue weighted by Gasteiger charge is 2.44. The van der Waals surface area contributed by atoms with Crippen molar-refractivity contribution in [3.63, 3.8) is 0 Å². The molecule has 19 heavy (non-hydrogen) atoms. The minimum absolute atomic E-state index is 0.133. The van der Waals surface area contributed by atoms with Crippen molar-refractivity contribution < 1.29 is 32.2 Å². The molecule has 0 aliphatic rings. The van der Waals surface area contributed by atoms with Gasteiger partial charge in [0, 0.05) is 18.3 Å². The molecular formula is C11H11F4NO3. The quantitative estimate of drug-likeness (QED) is 0.814. The zero-order valence-corrected chi connectivity index (χ0v) is 9.79. The molecule has 0 bridgehead atoms. The standard InChI is InChI=1S/C11H11F4NO3/c1-19-9-4-6(2-3-8(9)12)16-5-7(10(17)18)11(13,14)15/h2-4,7,16H,5H2,1H3,(H,17,18). The second-order valence-corrected chi connectivity index (χ2v) is 3.66. The van der Waals surface area contributed by atoms with E-state index in [0.717, 1.165) is 12.1 Å². The zero-order valence-electron chi connectivity index (χ0n) is 9.79. The Hall–Kier alpha value is -1.99. The maximum absolute atomic E-state index is 13.1. The summed E-state index contributed by atoms with van der Waals surface area (Å²) in [6.07, 6.45) is -4.86. The van der Waals surface area contributed by atoms with Gasteiger partial charge in [0.25, 0.3) is 0 Å². The van der Waals surface area contributed by atoms with Gasteiger partial charge in [-0.1, -0.05) is 0 Å². The number of nitrogens with one attached hydrogen (secondary N) is 1. The Balaban J connectivity index is 2.78. The van der Waals surface area contributed by atoms with E-state index < -0.39 is 30.4 Å². The Labute approximate surface area is 106 Å². The molecular weight excluding hydrogens is 270 g/mol. The van der Waals surface area contributed by atoms with Gasteiger partial charge >= 0.3 is 12.1 Å². The van der Waals surface area contributed by atoms with Crippen molar-refractivity contribution in [2.45, 2.75) is 6.18 Å². The fourth-order valence-electron chi connectivity index (χ4n) is 1.33. The van der Waals surface area contributed by atoms with E-state index in [1.807, 2.05) is 0 Å². The lowest BCUT2D eigenvalue weighted by atomic mass is 10.1. The number of anilines is 1. The number of benzene rings is 1. The van der Waals surface area contributed by atoms with Crippen molar-refractivity contribution >= 4 is 11.7 Å². The second kappa shape index (κ2) is 5.77. The first-order valence-electron chi connectivity index (χ1n) is 5.12. The van der Waals surface area contributed by atoms with Crippen LogP contribution in [-0.4, -0.2) is 30.9 Å². The first-order chi connectivity index (χ1) is 8.75. The second-order valence-electron chi connectivity index (χ2n) is 3.66. The third-order valence-corrected chi connectivity index (χ3v) is 2.35. The summed E-state index contributed by atoms with van der Waals surface area (Å²) in [5, 5.41) is 10.8. The number of hydrogen-bond acceptors (Lipinski definition) is 3. The van der Waals surface area contributed by atoms with Crippen LogP contribution in [-0.2, 0) is 4.79 Å². The van der Waals surface area contributed by atoms with Crippen molar-refractivity contribution in [1.29, 1.82) is 0 Å². The molecule has 0 aliphatic heterocycles. The summed E-state index contributed by atoms with van der Waals surface area (Å²) in [6.45, 7) is -0.854. The number of carboxylic acids is 1. The molecule has 4 nitrogen and oxygen atoms in total. The van der Waals surface area contributed by atoms with E-state index in [1.165, 1.54) is 13.2 Å². The van der Waals surface area contributed by atoms with Crippen LogP contribution in [0.25, 0.3) is 0 Å². The van der Waals surface area contributed by atoms with Gasteiger partial charge in [-0.2, -0.15) is 13.2 Å². The Bertz CT molecular complexity index is 462. The molecule has 1 rings (SSSR count). The van der Waals surface area contributed by atoms with Crippen molar-refractivity contribution in [3.05, 3.63) is 24.0 Å². The molecule has 0 aromatic heterocycles. The van der Waals surface area contributed by atoms with Crippen LogP contribution in [0.3, 0.4) is 0 Å². The lowest BCUT2D eigenvalue weighted by Crippen LogP contribution is -2.36. The average Bonchev–Trinajstić information content (AvgIpc) is 2.29. The van der Waals surface area contributed by atoms with Crippen LogP contribution >= 0.6 is 0 Å². The lowest BCUT2D eigenvalue weighted by Gasteiger charge is -2.17. The number of halogens is 4. The number of aliphatic carboxylic acids is 1. The van der Waals surface area contributed by atoms with Crippen LogP contribution in [0.2, 0.25) is 0 Å². The Morgan fingerprint density at radius 2 is 2.11 bits per heavy atom. The monoisotopic (exact) mass is 281 g/mol. The molecule has 1 aromatic rings. The molecule has 0 fully saturated rings. The first kappa shape index (κ1) is 15.1. The topological polar surface area (TPSA) is 58.6 Å². The van der Waals surface area contributed by atoms with Crippen LogP contribution in [0, 0.1) is 11.7 Å². The summed E-state index contributed by atoms with van der Waals surface area (Å²) in [7, 11) is 1.21. The fraction of sp³-hybridized carbons (Fsp3) is 0.364. The Morgan fingerprint density at radius 3 is 2.58 bits per heavy atom. The average molecular weight is 281 g/mol. The minimum Gasteiger partial charge on any atom is -0.494 e. The molecule has 1 unspecified atom stereocenters. The highest BCUT2D eigenvalue weighted by Crippen LogP contribution is 2.27. The van der Waals surface area contributed by atoms with Gasteiger partial charge in [0.15, 0.2) is 17.5 Å². The Kier molecular flexibility index (Phi) is 4.57. The van der Waals surface area contributed by atoms with Crippen molar-refractivity contribution in [2.75, 3.05) is 19.0 Å². The molecule has 0 saturated carbocycles. The predicted molar refractivity (Wildman–Crippen MR) is 58.6 cm³/mol. The molecule has 0 aliphatic carbocycles. The number of alkyl halides is 3. The van der Waals surface area contributed by atoms with E-state index in [0.29, 0.717) is 0 Å². The van der Waals surface area contributed by atoms with E-state index in [-0.39, 0.29) is 11.4 Å². The van der Waals surface area contributed by atoms with E-state index >= 15 is 0 Å². The van der Waals surface area contributed by atoms with E-state index in [4.69, 9.17) is 5.11 Å². The van der Waals surface area contributed by atoms with E-state index in [1.54, 1.807) is 0 Å². The summed E-state index contributed by atoms with van der Waals surface area (Å²) in [6, 6.07) is 3.34. The molecule has 0 spiro atoms. The number of hydrogen-bond donors (Lipinski definition) is 2. The summed E-state index contributed by atoms with van der Waals surface area (Å²) < 4.78 is 54.8. The number of carbonyl (C=O) groups is 1. The highest BCUT2D eigenvalue weighted by atomic mass is 19.4. The molecule has 0 heterocycles. The number of rotatable bonds is 5. The molecule has 8 heteroatoms. The molecule has 2 N–H and O–H groups in total. The Morgan fingerprint density at radius 1 is 1.47 bits per heavy atom. The van der Waals surface area contributed by atoms with Gasteiger partial charge in [-0.05, 0) is 12.1 Å². The van der Waals surface area contributed by atoms with Crippen LogP contribution in [0.15, 0.2) is 18.2 Å². The van der Waals surface area contributed by atoms with Crippen LogP contribution in [0.4, 0.5) is 23.2 Å². The third kappa shape index (κ3) is 4.01. The molecule has 1 aromatic carbocycles. The maximum Gasteiger partial charge on any atom is 0.403 e. The van der Waals surface area contributed by atoms with Crippen LogP contribution in [0.1, 0.15) is 0 Å². The van der Waals surface area contributed by atoms with Gasteiger partial charge in [-0.15, -0.1) is 0 Å². The largest absolute Gasteiger partial charge is 0.494 e. The van der Waals surface area contributed by atoms with Gasteiger partial charge < -0.3 is 15.2 Å². The fourth-order valence-corrected chi connectivity index (χ4v) is 1.33. The summed E-state index contributed by atoms with van der Waals surface area (Å²) in [4.78, 5) is 10.5. The summed E-state index contributed by atoms with van der Waals surface area (Å²) in [5.41, 5.74) is 0.133. The third-order valence-electron chi connectivity index (χ3n) is 2.35. The lowest BCUT2D eigenvalue weighted by molar-refractivity contribution is -0.190. The molecule has 0 saturated heterocycles. The molecule has 0 radical (unpaired) electrons. The molecule has 1 atom stereocenters. The highest BCUT2D eigenvalue weighted by molar-refractivity contribution is 5.71. The maximum atomic E-state index is 13.1. The van der Waals surface area contributed by atoms with Gasteiger partial charge in [-0.25, -0.2) is 4.39 Å². The zero-order chi connectivity index (χ0) is 14.6. The van der Waals surface area contributed by atoms with Gasteiger partial charge in [-0.3, -0.25) is 4.79 Å². The van der Waals surface area contributed by atoms with Crippen LogP contribution in [0.5, 0.6) is 5.75 Å². The predicted octanol–water partition coefficient (Wildman–Crippen LogP) is 2.51. The van der Waals surface area contributed by atoms with E-state index in [2.05, 4.69) is 10.1 Å².